The number of sulfone groups is 1. The number of amides is 2. The summed E-state index contributed by atoms with van der Waals surface area (Å²) in [6.07, 6.45) is -0.152. The Morgan fingerprint density at radius 1 is 1.21 bits per heavy atom. The normalized spacial score (nSPS) is 14.4. The average Bonchev–Trinajstić information content (AvgIpc) is 2.67. The zero-order valence-electron chi connectivity index (χ0n) is 16.9. The number of hydrogen-bond donors (Lipinski definition) is 1. The molecule has 3 rings (SSSR count). The van der Waals surface area contributed by atoms with Gasteiger partial charge in [0.05, 0.1) is 15.8 Å². The van der Waals surface area contributed by atoms with Gasteiger partial charge in [-0.25, -0.2) is 8.42 Å². The summed E-state index contributed by atoms with van der Waals surface area (Å²) >= 11 is 0. The lowest BCUT2D eigenvalue weighted by atomic mass is 10.2. The summed E-state index contributed by atoms with van der Waals surface area (Å²) in [5.74, 6) is -0.265. The minimum atomic E-state index is -3.77. The number of carbonyl (C=O) groups excluding carboxylic acids is 2. The number of nitrogens with one attached hydrogen (secondary N) is 1. The number of fused-ring (bicyclic) bond motifs is 1. The molecule has 8 heteroatoms. The van der Waals surface area contributed by atoms with Gasteiger partial charge in [0, 0.05) is 25.2 Å². The second-order valence-corrected chi connectivity index (χ2v) is 9.63. The summed E-state index contributed by atoms with van der Waals surface area (Å²) in [6, 6.07) is 10.4. The van der Waals surface area contributed by atoms with Gasteiger partial charge in [-0.05, 0) is 44.5 Å². The predicted octanol–water partition coefficient (Wildman–Crippen LogP) is 2.85. The highest BCUT2D eigenvalue weighted by molar-refractivity contribution is 7.92. The van der Waals surface area contributed by atoms with Crippen LogP contribution in [0, 0.1) is 13.8 Å². The van der Waals surface area contributed by atoms with Crippen LogP contribution in [0.5, 0.6) is 5.75 Å². The van der Waals surface area contributed by atoms with E-state index in [0.717, 1.165) is 5.56 Å². The van der Waals surface area contributed by atoms with E-state index in [4.69, 9.17) is 4.74 Å². The molecule has 0 radical (unpaired) electrons. The van der Waals surface area contributed by atoms with E-state index in [9.17, 15) is 18.0 Å². The average molecular weight is 416 g/mol. The van der Waals surface area contributed by atoms with Crippen molar-refractivity contribution < 1.29 is 22.7 Å². The van der Waals surface area contributed by atoms with Gasteiger partial charge in [0.2, 0.25) is 5.91 Å². The maximum atomic E-state index is 13.1. The Morgan fingerprint density at radius 2 is 1.86 bits per heavy atom. The molecule has 2 aromatic rings. The lowest BCUT2D eigenvalue weighted by Gasteiger charge is -2.23. The van der Waals surface area contributed by atoms with Gasteiger partial charge in [0.25, 0.3) is 5.91 Å². The van der Waals surface area contributed by atoms with Gasteiger partial charge in [-0.15, -0.1) is 0 Å². The second kappa shape index (κ2) is 7.87. The molecule has 7 nitrogen and oxygen atoms in total. The molecule has 0 spiro atoms. The summed E-state index contributed by atoms with van der Waals surface area (Å²) in [5, 5.41) is 1.74. The standard InChI is InChI=1S/C21H24N2O5S/c1-13-5-7-16(8-6-13)23(4)21(25)10-15(3)29(26,27)19-11-18-17(9-14(19)2)22-20(24)12-28-18/h5-9,11,15H,10,12H2,1-4H3,(H,22,24)/t15-/m0/s1. The van der Waals surface area contributed by atoms with Gasteiger partial charge in [-0.2, -0.15) is 0 Å². The molecule has 0 aliphatic carbocycles. The van der Waals surface area contributed by atoms with Crippen molar-refractivity contribution in [3.63, 3.8) is 0 Å². The highest BCUT2D eigenvalue weighted by Gasteiger charge is 2.30. The number of nitrogens with zero attached hydrogens (tertiary/aromatic N) is 1. The van der Waals surface area contributed by atoms with Gasteiger partial charge in [0.15, 0.2) is 16.4 Å². The third-order valence-electron chi connectivity index (χ3n) is 5.00. The SMILES string of the molecule is Cc1ccc(N(C)C(=O)C[C@H](C)S(=O)(=O)c2cc3c(cc2C)NC(=O)CO3)cc1. The van der Waals surface area contributed by atoms with Gasteiger partial charge in [0.1, 0.15) is 5.75 Å². The van der Waals surface area contributed by atoms with E-state index >= 15 is 0 Å². The summed E-state index contributed by atoms with van der Waals surface area (Å²) in [6.45, 7) is 4.97. The van der Waals surface area contributed by atoms with Crippen molar-refractivity contribution in [2.24, 2.45) is 0 Å². The molecule has 1 heterocycles. The van der Waals surface area contributed by atoms with Crippen LogP contribution in [-0.4, -0.2) is 39.1 Å². The van der Waals surface area contributed by atoms with E-state index in [1.807, 2.05) is 31.2 Å². The molecule has 1 atom stereocenters. The van der Waals surface area contributed by atoms with E-state index in [-0.39, 0.29) is 29.7 Å². The van der Waals surface area contributed by atoms with E-state index in [1.165, 1.54) is 17.9 Å². The van der Waals surface area contributed by atoms with Crippen LogP contribution < -0.4 is 15.0 Å². The number of ether oxygens (including phenoxy) is 1. The van der Waals surface area contributed by atoms with Crippen LogP contribution in [0.15, 0.2) is 41.3 Å². The molecule has 2 amide bonds. The zero-order chi connectivity index (χ0) is 21.3. The van der Waals surface area contributed by atoms with Crippen molar-refractivity contribution >= 4 is 33.0 Å². The highest BCUT2D eigenvalue weighted by atomic mass is 32.2. The minimum Gasteiger partial charge on any atom is -0.482 e. The number of rotatable bonds is 5. The molecule has 1 aliphatic heterocycles. The van der Waals surface area contributed by atoms with Crippen molar-refractivity contribution in [2.75, 3.05) is 23.9 Å². The molecule has 0 aromatic heterocycles. The molecule has 154 valence electrons. The second-order valence-electron chi connectivity index (χ2n) is 7.30. The summed E-state index contributed by atoms with van der Waals surface area (Å²) in [4.78, 5) is 25.7. The topological polar surface area (TPSA) is 92.8 Å². The van der Waals surface area contributed by atoms with Crippen LogP contribution in [0.25, 0.3) is 0 Å². The Bertz CT molecular complexity index is 1060. The number of carbonyl (C=O) groups is 2. The van der Waals surface area contributed by atoms with Crippen LogP contribution >= 0.6 is 0 Å². The molecule has 29 heavy (non-hydrogen) atoms. The molecule has 0 bridgehead atoms. The van der Waals surface area contributed by atoms with Gasteiger partial charge < -0.3 is 15.0 Å². The van der Waals surface area contributed by atoms with Gasteiger partial charge >= 0.3 is 0 Å². The molecular formula is C21H24N2O5S. The third-order valence-corrected chi connectivity index (χ3v) is 7.28. The Hall–Kier alpha value is -2.87. The third kappa shape index (κ3) is 4.27. The minimum absolute atomic E-state index is 0.102. The molecule has 1 N–H and O–H groups in total. The molecule has 2 aromatic carbocycles. The number of anilines is 2. The van der Waals surface area contributed by atoms with Crippen molar-refractivity contribution in [2.45, 2.75) is 37.3 Å². The fourth-order valence-electron chi connectivity index (χ4n) is 3.14. The molecule has 0 saturated heterocycles. The lowest BCUT2D eigenvalue weighted by molar-refractivity contribution is -0.119. The predicted molar refractivity (Wildman–Crippen MR) is 111 cm³/mol. The summed E-state index contributed by atoms with van der Waals surface area (Å²) in [7, 11) is -2.14. The molecule has 0 unspecified atom stereocenters. The van der Waals surface area contributed by atoms with Gasteiger partial charge in [-0.3, -0.25) is 9.59 Å². The Kier molecular flexibility index (Phi) is 5.66. The van der Waals surface area contributed by atoms with E-state index < -0.39 is 15.1 Å². The quantitative estimate of drug-likeness (QED) is 0.809. The molecule has 1 aliphatic rings. The van der Waals surface area contributed by atoms with Crippen molar-refractivity contribution in [3.05, 3.63) is 47.5 Å². The van der Waals surface area contributed by atoms with Crippen LogP contribution in [0.1, 0.15) is 24.5 Å². The smallest absolute Gasteiger partial charge is 0.262 e. The van der Waals surface area contributed by atoms with Gasteiger partial charge in [-0.1, -0.05) is 17.7 Å². The first-order valence-electron chi connectivity index (χ1n) is 9.24. The van der Waals surface area contributed by atoms with E-state index in [0.29, 0.717) is 22.7 Å². The van der Waals surface area contributed by atoms with Crippen LogP contribution in [0.3, 0.4) is 0 Å². The first-order valence-corrected chi connectivity index (χ1v) is 10.8. The number of hydrogen-bond acceptors (Lipinski definition) is 5. The number of benzene rings is 2. The number of aryl methyl sites for hydroxylation is 2. The first-order chi connectivity index (χ1) is 13.6. The summed E-state index contributed by atoms with van der Waals surface area (Å²) in [5.41, 5.74) is 2.72. The fraction of sp³-hybridized carbons (Fsp3) is 0.333. The van der Waals surface area contributed by atoms with Crippen molar-refractivity contribution in [1.29, 1.82) is 0 Å². The fourth-order valence-corrected chi connectivity index (χ4v) is 4.72. The monoisotopic (exact) mass is 416 g/mol. The lowest BCUT2D eigenvalue weighted by Crippen LogP contribution is -2.32. The Morgan fingerprint density at radius 3 is 2.52 bits per heavy atom. The van der Waals surface area contributed by atoms with Crippen molar-refractivity contribution in [3.8, 4) is 5.75 Å². The molecule has 0 fully saturated rings. The van der Waals surface area contributed by atoms with E-state index in [1.54, 1.807) is 20.0 Å². The zero-order valence-corrected chi connectivity index (χ0v) is 17.7. The Balaban J connectivity index is 1.81. The largest absolute Gasteiger partial charge is 0.482 e. The molecular weight excluding hydrogens is 392 g/mol. The summed E-state index contributed by atoms with van der Waals surface area (Å²) < 4.78 is 31.6. The maximum Gasteiger partial charge on any atom is 0.262 e. The first kappa shape index (κ1) is 20.9. The highest BCUT2D eigenvalue weighted by Crippen LogP contribution is 2.34. The van der Waals surface area contributed by atoms with E-state index in [2.05, 4.69) is 5.32 Å². The van der Waals surface area contributed by atoms with Crippen LogP contribution in [-0.2, 0) is 19.4 Å². The Labute approximate surface area is 170 Å². The van der Waals surface area contributed by atoms with Crippen LogP contribution in [0.2, 0.25) is 0 Å². The molecule has 0 saturated carbocycles. The van der Waals surface area contributed by atoms with Crippen LogP contribution in [0.4, 0.5) is 11.4 Å². The maximum absolute atomic E-state index is 13.1. The van der Waals surface area contributed by atoms with Crippen molar-refractivity contribution in [1.82, 2.24) is 0 Å².